The predicted molar refractivity (Wildman–Crippen MR) is 110 cm³/mol. The SMILES string of the molecule is O=C(c1ccc2c(c1)CCO2)N1CCCC12CCCN(Cc1ccccc1)C2=O. The van der Waals surface area contributed by atoms with Crippen LogP contribution < -0.4 is 4.74 Å². The number of rotatable bonds is 3. The minimum atomic E-state index is -0.681. The van der Waals surface area contributed by atoms with E-state index in [9.17, 15) is 9.59 Å². The predicted octanol–water partition coefficient (Wildman–Crippen LogP) is 3.42. The summed E-state index contributed by atoms with van der Waals surface area (Å²) in [4.78, 5) is 30.9. The van der Waals surface area contributed by atoms with Crippen LogP contribution in [0, 0.1) is 0 Å². The van der Waals surface area contributed by atoms with Gasteiger partial charge in [-0.1, -0.05) is 30.3 Å². The summed E-state index contributed by atoms with van der Waals surface area (Å²) in [5.74, 6) is 0.968. The number of carbonyl (C=O) groups excluding carboxylic acids is 2. The lowest BCUT2D eigenvalue weighted by Crippen LogP contribution is -2.61. The van der Waals surface area contributed by atoms with Crippen LogP contribution in [-0.4, -0.2) is 46.8 Å². The molecule has 1 unspecified atom stereocenters. The van der Waals surface area contributed by atoms with Crippen LogP contribution in [0.2, 0.25) is 0 Å². The van der Waals surface area contributed by atoms with Crippen LogP contribution >= 0.6 is 0 Å². The molecule has 29 heavy (non-hydrogen) atoms. The van der Waals surface area contributed by atoms with Crippen LogP contribution in [0.4, 0.5) is 0 Å². The molecule has 0 N–H and O–H groups in total. The number of fused-ring (bicyclic) bond motifs is 1. The van der Waals surface area contributed by atoms with Gasteiger partial charge in [0.25, 0.3) is 5.91 Å². The molecule has 5 nitrogen and oxygen atoms in total. The van der Waals surface area contributed by atoms with Gasteiger partial charge in [-0.2, -0.15) is 0 Å². The Kier molecular flexibility index (Phi) is 4.53. The van der Waals surface area contributed by atoms with Crippen LogP contribution in [0.25, 0.3) is 0 Å². The zero-order valence-corrected chi connectivity index (χ0v) is 16.6. The molecule has 2 aromatic carbocycles. The van der Waals surface area contributed by atoms with Gasteiger partial charge in [0.2, 0.25) is 5.91 Å². The third-order valence-corrected chi connectivity index (χ3v) is 6.59. The van der Waals surface area contributed by atoms with Crippen molar-refractivity contribution in [3.63, 3.8) is 0 Å². The average Bonchev–Trinajstić information content (AvgIpc) is 3.39. The molecule has 2 amide bonds. The van der Waals surface area contributed by atoms with E-state index in [2.05, 4.69) is 12.1 Å². The average molecular weight is 390 g/mol. The van der Waals surface area contributed by atoms with E-state index in [-0.39, 0.29) is 11.8 Å². The van der Waals surface area contributed by atoms with E-state index in [1.54, 1.807) is 0 Å². The first kappa shape index (κ1) is 18.2. The van der Waals surface area contributed by atoms with Gasteiger partial charge in [-0.05, 0) is 55.0 Å². The molecule has 1 atom stereocenters. The van der Waals surface area contributed by atoms with E-state index in [0.29, 0.717) is 25.3 Å². The molecule has 0 radical (unpaired) electrons. The molecule has 0 saturated carbocycles. The Labute approximate surface area is 171 Å². The van der Waals surface area contributed by atoms with Crippen molar-refractivity contribution in [2.75, 3.05) is 19.7 Å². The Morgan fingerprint density at radius 1 is 1.03 bits per heavy atom. The van der Waals surface area contributed by atoms with Gasteiger partial charge in [-0.25, -0.2) is 0 Å². The Hall–Kier alpha value is -2.82. The van der Waals surface area contributed by atoms with Crippen LogP contribution in [0.3, 0.4) is 0 Å². The van der Waals surface area contributed by atoms with Crippen LogP contribution in [0.15, 0.2) is 48.5 Å². The fourth-order valence-corrected chi connectivity index (χ4v) is 5.15. The highest BCUT2D eigenvalue weighted by Gasteiger charge is 2.52. The topological polar surface area (TPSA) is 49.9 Å². The van der Waals surface area contributed by atoms with Crippen molar-refractivity contribution in [1.29, 1.82) is 0 Å². The van der Waals surface area contributed by atoms with Gasteiger partial charge >= 0.3 is 0 Å². The maximum atomic E-state index is 13.6. The summed E-state index contributed by atoms with van der Waals surface area (Å²) in [6.45, 7) is 2.69. The summed E-state index contributed by atoms with van der Waals surface area (Å²) in [6.07, 6.45) is 4.17. The van der Waals surface area contributed by atoms with E-state index >= 15 is 0 Å². The van der Waals surface area contributed by atoms with Gasteiger partial charge in [-0.3, -0.25) is 9.59 Å². The third-order valence-electron chi connectivity index (χ3n) is 6.59. The highest BCUT2D eigenvalue weighted by molar-refractivity contribution is 6.00. The van der Waals surface area contributed by atoms with Gasteiger partial charge in [0.15, 0.2) is 0 Å². The van der Waals surface area contributed by atoms with E-state index in [1.807, 2.05) is 46.2 Å². The Balaban J connectivity index is 1.41. The number of likely N-dealkylation sites (tertiary alicyclic amines) is 2. The zero-order chi connectivity index (χ0) is 19.8. The van der Waals surface area contributed by atoms with Crippen LogP contribution in [0.1, 0.15) is 47.2 Å². The van der Waals surface area contributed by atoms with E-state index in [4.69, 9.17) is 4.74 Å². The lowest BCUT2D eigenvalue weighted by molar-refractivity contribution is -0.146. The molecule has 3 heterocycles. The zero-order valence-electron chi connectivity index (χ0n) is 16.6. The number of piperidine rings is 1. The van der Waals surface area contributed by atoms with Gasteiger partial charge in [0, 0.05) is 31.6 Å². The Morgan fingerprint density at radius 2 is 1.83 bits per heavy atom. The van der Waals surface area contributed by atoms with Crippen molar-refractivity contribution >= 4 is 11.8 Å². The molecular weight excluding hydrogens is 364 g/mol. The highest BCUT2D eigenvalue weighted by Crippen LogP contribution is 2.40. The minimum Gasteiger partial charge on any atom is -0.493 e. The van der Waals surface area contributed by atoms with Crippen LogP contribution in [0.5, 0.6) is 5.75 Å². The second-order valence-corrected chi connectivity index (χ2v) is 8.33. The first-order chi connectivity index (χ1) is 14.2. The smallest absolute Gasteiger partial charge is 0.254 e. The molecule has 3 aliphatic heterocycles. The van der Waals surface area contributed by atoms with E-state index in [1.165, 1.54) is 0 Å². The van der Waals surface area contributed by atoms with Gasteiger partial charge in [-0.15, -0.1) is 0 Å². The number of ether oxygens (including phenoxy) is 1. The first-order valence-electron chi connectivity index (χ1n) is 10.6. The molecule has 3 aliphatic rings. The fraction of sp³-hybridized carbons (Fsp3) is 0.417. The number of carbonyl (C=O) groups is 2. The summed E-state index contributed by atoms with van der Waals surface area (Å²) in [5, 5.41) is 0. The summed E-state index contributed by atoms with van der Waals surface area (Å²) in [5.41, 5.74) is 2.21. The molecule has 0 aromatic heterocycles. The van der Waals surface area contributed by atoms with Gasteiger partial charge < -0.3 is 14.5 Å². The van der Waals surface area contributed by atoms with Crippen molar-refractivity contribution in [1.82, 2.24) is 9.80 Å². The fourth-order valence-electron chi connectivity index (χ4n) is 5.15. The van der Waals surface area contributed by atoms with E-state index in [0.717, 1.165) is 55.5 Å². The lowest BCUT2D eigenvalue weighted by Gasteiger charge is -2.44. The second kappa shape index (κ2) is 7.21. The lowest BCUT2D eigenvalue weighted by atomic mass is 9.84. The summed E-state index contributed by atoms with van der Waals surface area (Å²) < 4.78 is 5.57. The van der Waals surface area contributed by atoms with Crippen molar-refractivity contribution in [3.05, 3.63) is 65.2 Å². The Bertz CT molecular complexity index is 942. The maximum Gasteiger partial charge on any atom is 0.254 e. The number of amides is 2. The molecule has 150 valence electrons. The van der Waals surface area contributed by atoms with E-state index < -0.39 is 5.54 Å². The number of hydrogen-bond acceptors (Lipinski definition) is 3. The molecule has 2 aromatic rings. The van der Waals surface area contributed by atoms with Crippen LogP contribution in [-0.2, 0) is 17.8 Å². The van der Waals surface area contributed by atoms with Crippen molar-refractivity contribution in [2.24, 2.45) is 0 Å². The molecule has 0 bridgehead atoms. The number of benzene rings is 2. The van der Waals surface area contributed by atoms with Crippen molar-refractivity contribution in [3.8, 4) is 5.75 Å². The molecule has 5 rings (SSSR count). The Morgan fingerprint density at radius 3 is 2.66 bits per heavy atom. The van der Waals surface area contributed by atoms with Gasteiger partial charge in [0.05, 0.1) is 6.61 Å². The molecule has 2 fully saturated rings. The molecule has 0 aliphatic carbocycles. The monoisotopic (exact) mass is 390 g/mol. The number of nitrogens with zero attached hydrogens (tertiary/aromatic N) is 2. The summed E-state index contributed by atoms with van der Waals surface area (Å²) in [7, 11) is 0. The molecule has 2 saturated heterocycles. The van der Waals surface area contributed by atoms with Gasteiger partial charge in [0.1, 0.15) is 11.3 Å². The standard InChI is InChI=1S/C24H26N2O3/c27-22(20-8-9-21-19(16-20)10-15-29-21)26-14-5-12-24(26)11-4-13-25(23(24)28)17-18-6-2-1-3-7-18/h1-3,6-9,16H,4-5,10-15,17H2. The minimum absolute atomic E-state index is 0.0212. The largest absolute Gasteiger partial charge is 0.493 e. The first-order valence-corrected chi connectivity index (χ1v) is 10.6. The third kappa shape index (κ3) is 3.09. The summed E-state index contributed by atoms with van der Waals surface area (Å²) in [6, 6.07) is 15.8. The quantitative estimate of drug-likeness (QED) is 0.807. The van der Waals surface area contributed by atoms with Crippen molar-refractivity contribution < 1.29 is 14.3 Å². The maximum absolute atomic E-state index is 13.6. The molecule has 5 heteroatoms. The normalized spacial score (nSPS) is 23.4. The summed E-state index contributed by atoms with van der Waals surface area (Å²) >= 11 is 0. The number of hydrogen-bond donors (Lipinski definition) is 0. The molecule has 1 spiro atoms. The second-order valence-electron chi connectivity index (χ2n) is 8.33. The van der Waals surface area contributed by atoms with Crippen molar-refractivity contribution in [2.45, 2.75) is 44.2 Å². The molecular formula is C24H26N2O3. The highest BCUT2D eigenvalue weighted by atomic mass is 16.5.